The molecule has 0 spiro atoms. The lowest BCUT2D eigenvalue weighted by Gasteiger charge is -2.41. The summed E-state index contributed by atoms with van der Waals surface area (Å²) in [6.45, 7) is 16.0. The van der Waals surface area contributed by atoms with Gasteiger partial charge in [-0.2, -0.15) is 0 Å². The van der Waals surface area contributed by atoms with Crippen LogP contribution in [0.2, 0.25) is 0 Å². The molecule has 0 aromatic rings. The van der Waals surface area contributed by atoms with Gasteiger partial charge < -0.3 is 18.9 Å². The monoisotopic (exact) mass is 454 g/mol. The zero-order valence-corrected chi connectivity index (χ0v) is 22.4. The number of hydrogen-bond acceptors (Lipinski definition) is 4. The molecular formula is C28H54O4. The quantitative estimate of drug-likeness (QED) is 0.0932. The normalized spacial score (nSPS) is 15.3. The van der Waals surface area contributed by atoms with Crippen molar-refractivity contribution >= 4 is 0 Å². The lowest BCUT2D eigenvalue weighted by molar-refractivity contribution is -0.272. The van der Waals surface area contributed by atoms with Crippen LogP contribution in [0.3, 0.4) is 0 Å². The van der Waals surface area contributed by atoms with E-state index in [1.807, 2.05) is 26.0 Å². The predicted molar refractivity (Wildman–Crippen MR) is 137 cm³/mol. The van der Waals surface area contributed by atoms with E-state index in [2.05, 4.69) is 34.6 Å². The molecule has 3 unspecified atom stereocenters. The summed E-state index contributed by atoms with van der Waals surface area (Å²) in [6, 6.07) is 0. The lowest BCUT2D eigenvalue weighted by Crippen LogP contribution is -2.45. The van der Waals surface area contributed by atoms with Crippen LogP contribution in [0.15, 0.2) is 24.7 Å². The number of allylic oxidation sites excluding steroid dienone is 2. The average Bonchev–Trinajstić information content (AvgIpc) is 2.79. The third kappa shape index (κ3) is 14.2. The Morgan fingerprint density at radius 2 is 1.19 bits per heavy atom. The summed E-state index contributed by atoms with van der Waals surface area (Å²) < 4.78 is 24.5. The highest BCUT2D eigenvalue weighted by molar-refractivity contribution is 4.83. The van der Waals surface area contributed by atoms with Crippen molar-refractivity contribution in [3.05, 3.63) is 24.7 Å². The average molecular weight is 455 g/mol. The summed E-state index contributed by atoms with van der Waals surface area (Å²) in [5.41, 5.74) is 0. The number of hydrogen-bond donors (Lipinski definition) is 0. The Bertz CT molecular complexity index is 454. The van der Waals surface area contributed by atoms with Crippen LogP contribution in [0, 0.1) is 5.92 Å². The van der Waals surface area contributed by atoms with Gasteiger partial charge >= 0.3 is 0 Å². The molecule has 0 aliphatic heterocycles. The second-order valence-corrected chi connectivity index (χ2v) is 8.88. The highest BCUT2D eigenvalue weighted by Crippen LogP contribution is 2.37. The zero-order valence-electron chi connectivity index (χ0n) is 22.4. The Morgan fingerprint density at radius 1 is 0.656 bits per heavy atom. The molecule has 0 aromatic carbocycles. The van der Waals surface area contributed by atoms with Crippen molar-refractivity contribution in [3.8, 4) is 0 Å². The van der Waals surface area contributed by atoms with Gasteiger partial charge in [-0.1, -0.05) is 57.6 Å². The third-order valence-electron chi connectivity index (χ3n) is 6.02. The lowest BCUT2D eigenvalue weighted by atomic mass is 9.84. The Balaban J connectivity index is 5.34. The predicted octanol–water partition coefficient (Wildman–Crippen LogP) is 8.56. The second-order valence-electron chi connectivity index (χ2n) is 8.88. The van der Waals surface area contributed by atoms with E-state index < -0.39 is 5.79 Å². The van der Waals surface area contributed by atoms with Crippen molar-refractivity contribution < 1.29 is 18.9 Å². The SMILES string of the molecule is CC=COC(C)CCC(CCCCCCCC)C(CCC(C)OC=CC)(OCC)OCC. The van der Waals surface area contributed by atoms with Crippen molar-refractivity contribution in [1.82, 2.24) is 0 Å². The fourth-order valence-electron chi connectivity index (χ4n) is 4.27. The van der Waals surface area contributed by atoms with Crippen LogP contribution in [-0.4, -0.2) is 31.2 Å². The Kier molecular flexibility index (Phi) is 20.0. The van der Waals surface area contributed by atoms with Crippen LogP contribution in [0.25, 0.3) is 0 Å². The summed E-state index contributed by atoms with van der Waals surface area (Å²) in [5, 5.41) is 0. The summed E-state index contributed by atoms with van der Waals surface area (Å²) in [5.74, 6) is -0.208. The van der Waals surface area contributed by atoms with Crippen molar-refractivity contribution in [2.45, 2.75) is 137 Å². The Hall–Kier alpha value is -1.00. The molecule has 0 aliphatic rings. The maximum absolute atomic E-state index is 6.45. The molecule has 4 nitrogen and oxygen atoms in total. The highest BCUT2D eigenvalue weighted by Gasteiger charge is 2.40. The van der Waals surface area contributed by atoms with E-state index in [1.54, 1.807) is 12.5 Å². The van der Waals surface area contributed by atoms with Gasteiger partial charge in [0.2, 0.25) is 0 Å². The summed E-state index contributed by atoms with van der Waals surface area (Å²) >= 11 is 0. The Morgan fingerprint density at radius 3 is 1.72 bits per heavy atom. The summed E-state index contributed by atoms with van der Waals surface area (Å²) in [7, 11) is 0. The van der Waals surface area contributed by atoms with Crippen molar-refractivity contribution in [2.24, 2.45) is 5.92 Å². The van der Waals surface area contributed by atoms with E-state index in [4.69, 9.17) is 18.9 Å². The molecule has 0 aromatic heterocycles. The van der Waals surface area contributed by atoms with Gasteiger partial charge in [-0.15, -0.1) is 0 Å². The van der Waals surface area contributed by atoms with Crippen LogP contribution < -0.4 is 0 Å². The van der Waals surface area contributed by atoms with Gasteiger partial charge in [-0.3, -0.25) is 0 Å². The molecule has 0 aliphatic carbocycles. The van der Waals surface area contributed by atoms with Crippen LogP contribution in [0.4, 0.5) is 0 Å². The molecule has 4 heteroatoms. The van der Waals surface area contributed by atoms with Gasteiger partial charge in [-0.05, 0) is 67.2 Å². The first-order valence-electron chi connectivity index (χ1n) is 13.3. The van der Waals surface area contributed by atoms with Crippen LogP contribution in [0.5, 0.6) is 0 Å². The first-order chi connectivity index (χ1) is 15.5. The standard InChI is InChI=1S/C28H54O4/c1-8-13-14-15-16-17-18-27(20-19-25(6)29-23-9-2)28(31-11-4,32-12-5)22-21-26(7)30-24-10-3/h9-10,23-27H,8,11-22H2,1-7H3. The molecular weight excluding hydrogens is 400 g/mol. The van der Waals surface area contributed by atoms with Gasteiger partial charge in [0, 0.05) is 25.6 Å². The van der Waals surface area contributed by atoms with Gasteiger partial charge in [0.05, 0.1) is 24.7 Å². The molecule has 0 heterocycles. The minimum atomic E-state index is -0.555. The van der Waals surface area contributed by atoms with E-state index in [0.717, 1.165) is 32.1 Å². The first kappa shape index (κ1) is 31.0. The van der Waals surface area contributed by atoms with Gasteiger partial charge in [0.1, 0.15) is 0 Å². The molecule has 0 saturated carbocycles. The van der Waals surface area contributed by atoms with Crippen molar-refractivity contribution in [3.63, 3.8) is 0 Å². The number of ether oxygens (including phenoxy) is 4. The van der Waals surface area contributed by atoms with Gasteiger partial charge in [0.25, 0.3) is 0 Å². The van der Waals surface area contributed by atoms with Crippen molar-refractivity contribution in [1.29, 1.82) is 0 Å². The van der Waals surface area contributed by atoms with E-state index in [0.29, 0.717) is 19.1 Å². The molecule has 0 amide bonds. The molecule has 0 saturated heterocycles. The van der Waals surface area contributed by atoms with E-state index in [1.165, 1.54) is 38.5 Å². The smallest absolute Gasteiger partial charge is 0.171 e. The molecule has 32 heavy (non-hydrogen) atoms. The highest BCUT2D eigenvalue weighted by atomic mass is 16.7. The van der Waals surface area contributed by atoms with E-state index >= 15 is 0 Å². The third-order valence-corrected chi connectivity index (χ3v) is 6.02. The molecule has 0 bridgehead atoms. The van der Waals surface area contributed by atoms with Crippen LogP contribution >= 0.6 is 0 Å². The second kappa shape index (κ2) is 20.6. The molecule has 0 radical (unpaired) electrons. The van der Waals surface area contributed by atoms with Gasteiger partial charge in [0.15, 0.2) is 5.79 Å². The van der Waals surface area contributed by atoms with E-state index in [9.17, 15) is 0 Å². The largest absolute Gasteiger partial charge is 0.499 e. The molecule has 3 atom stereocenters. The topological polar surface area (TPSA) is 36.9 Å². The van der Waals surface area contributed by atoms with E-state index in [-0.39, 0.29) is 12.2 Å². The zero-order chi connectivity index (χ0) is 24.1. The number of rotatable bonds is 22. The fraction of sp³-hybridized carbons (Fsp3) is 0.857. The fourth-order valence-corrected chi connectivity index (χ4v) is 4.27. The molecule has 0 fully saturated rings. The summed E-state index contributed by atoms with van der Waals surface area (Å²) in [4.78, 5) is 0. The minimum Gasteiger partial charge on any atom is -0.499 e. The molecule has 0 rings (SSSR count). The maximum atomic E-state index is 6.45. The minimum absolute atomic E-state index is 0.137. The van der Waals surface area contributed by atoms with Crippen LogP contribution in [-0.2, 0) is 18.9 Å². The first-order valence-corrected chi connectivity index (χ1v) is 13.3. The van der Waals surface area contributed by atoms with Gasteiger partial charge in [-0.25, -0.2) is 0 Å². The number of unbranched alkanes of at least 4 members (excludes halogenated alkanes) is 5. The Labute approximate surface area is 200 Å². The summed E-state index contributed by atoms with van der Waals surface area (Å²) in [6.07, 6.45) is 20.5. The van der Waals surface area contributed by atoms with Crippen molar-refractivity contribution in [2.75, 3.05) is 13.2 Å². The molecule has 0 N–H and O–H groups in total. The maximum Gasteiger partial charge on any atom is 0.171 e. The van der Waals surface area contributed by atoms with Crippen LogP contribution in [0.1, 0.15) is 119 Å². The molecule has 190 valence electrons.